The van der Waals surface area contributed by atoms with Crippen molar-refractivity contribution in [3.05, 3.63) is 40.8 Å². The Morgan fingerprint density at radius 1 is 1.29 bits per heavy atom. The molecule has 3 aliphatic rings. The van der Waals surface area contributed by atoms with Crippen LogP contribution in [-0.4, -0.2) is 43.1 Å². The Kier molecular flexibility index (Phi) is 6.34. The third-order valence-electron chi connectivity index (χ3n) is 7.13. The molecule has 2 fully saturated rings. The molecule has 154 valence electrons. The lowest BCUT2D eigenvalue weighted by atomic mass is 9.63. The molecular weight excluding hydrogens is 368 g/mol. The molecule has 2 aliphatic heterocycles. The molecule has 3 heterocycles. The molecule has 0 radical (unpaired) electrons. The fraction of sp³-hybridized carbons (Fsp3) is 0.696. The van der Waals surface area contributed by atoms with E-state index in [2.05, 4.69) is 24.4 Å². The standard InChI is InChI=1S/C23H34N2O2S/c1-18(15-24-16-20-19(26-2)8-14-28-20)23(21-7-3-6-12-25-21)11-13-27-22(17-23)9-4-5-10-22/h3,6-7,12,18,24H,4-5,8-11,13-17H2,1-2H3. The van der Waals surface area contributed by atoms with Crippen LogP contribution in [0, 0.1) is 5.92 Å². The first-order valence-electron chi connectivity index (χ1n) is 10.8. The summed E-state index contributed by atoms with van der Waals surface area (Å²) in [5, 5.41) is 3.73. The number of methoxy groups -OCH3 is 1. The molecule has 1 saturated carbocycles. The average molecular weight is 403 g/mol. The predicted molar refractivity (Wildman–Crippen MR) is 115 cm³/mol. The Morgan fingerprint density at radius 2 is 2.14 bits per heavy atom. The number of nitrogens with zero attached hydrogens (tertiary/aromatic N) is 1. The summed E-state index contributed by atoms with van der Waals surface area (Å²) in [5.74, 6) is 2.82. The monoisotopic (exact) mass is 402 g/mol. The number of thioether (sulfide) groups is 1. The van der Waals surface area contributed by atoms with Crippen molar-refractivity contribution in [2.24, 2.45) is 5.92 Å². The zero-order valence-electron chi connectivity index (χ0n) is 17.3. The number of hydrogen-bond acceptors (Lipinski definition) is 5. The largest absolute Gasteiger partial charge is 0.500 e. The number of aromatic nitrogens is 1. The van der Waals surface area contributed by atoms with Crippen LogP contribution < -0.4 is 5.32 Å². The summed E-state index contributed by atoms with van der Waals surface area (Å²) in [6, 6.07) is 6.41. The Morgan fingerprint density at radius 3 is 2.89 bits per heavy atom. The number of allylic oxidation sites excluding steroid dienone is 1. The van der Waals surface area contributed by atoms with Gasteiger partial charge in [0.15, 0.2) is 0 Å². The Balaban J connectivity index is 1.50. The molecule has 1 aromatic rings. The van der Waals surface area contributed by atoms with Gasteiger partial charge in [-0.15, -0.1) is 11.8 Å². The first-order chi connectivity index (χ1) is 13.7. The first-order valence-corrected chi connectivity index (χ1v) is 11.8. The second kappa shape index (κ2) is 8.76. The molecule has 4 rings (SSSR count). The predicted octanol–water partition coefficient (Wildman–Crippen LogP) is 4.66. The molecule has 2 atom stereocenters. The molecule has 5 heteroatoms. The quantitative estimate of drug-likeness (QED) is 0.718. The lowest BCUT2D eigenvalue weighted by Gasteiger charge is -2.49. The lowest BCUT2D eigenvalue weighted by molar-refractivity contribution is -0.112. The normalized spacial score (nSPS) is 28.1. The minimum atomic E-state index is 0.0804. The second-order valence-electron chi connectivity index (χ2n) is 8.72. The van der Waals surface area contributed by atoms with Crippen LogP contribution in [0.1, 0.15) is 57.6 Å². The lowest BCUT2D eigenvalue weighted by Crippen LogP contribution is -2.51. The van der Waals surface area contributed by atoms with Gasteiger partial charge in [-0.05, 0) is 50.3 Å². The fourth-order valence-corrected chi connectivity index (χ4v) is 6.59. The summed E-state index contributed by atoms with van der Waals surface area (Å²) in [4.78, 5) is 6.22. The van der Waals surface area contributed by atoms with Gasteiger partial charge in [0.25, 0.3) is 0 Å². The van der Waals surface area contributed by atoms with E-state index in [9.17, 15) is 0 Å². The van der Waals surface area contributed by atoms with Gasteiger partial charge in [-0.3, -0.25) is 4.98 Å². The summed E-state index contributed by atoms with van der Waals surface area (Å²) in [6.07, 6.45) is 10.2. The van der Waals surface area contributed by atoms with E-state index >= 15 is 0 Å². The molecular formula is C23H34N2O2S. The van der Waals surface area contributed by atoms with Gasteiger partial charge in [-0.1, -0.05) is 25.8 Å². The molecule has 1 N–H and O–H groups in total. The molecule has 4 nitrogen and oxygen atoms in total. The van der Waals surface area contributed by atoms with Crippen molar-refractivity contribution in [1.82, 2.24) is 10.3 Å². The van der Waals surface area contributed by atoms with Crippen LogP contribution in [0.4, 0.5) is 0 Å². The van der Waals surface area contributed by atoms with Gasteiger partial charge in [0.1, 0.15) is 5.76 Å². The number of ether oxygens (including phenoxy) is 2. The van der Waals surface area contributed by atoms with E-state index < -0.39 is 0 Å². The van der Waals surface area contributed by atoms with E-state index in [0.717, 1.165) is 44.7 Å². The van der Waals surface area contributed by atoms with Crippen molar-refractivity contribution in [3.8, 4) is 0 Å². The van der Waals surface area contributed by atoms with Crippen LogP contribution in [0.2, 0.25) is 0 Å². The van der Waals surface area contributed by atoms with Crippen LogP contribution in [0.25, 0.3) is 0 Å². The molecule has 1 aromatic heterocycles. The highest BCUT2D eigenvalue weighted by Crippen LogP contribution is 2.51. The summed E-state index contributed by atoms with van der Waals surface area (Å²) in [5.41, 5.74) is 1.43. The molecule has 1 spiro atoms. The van der Waals surface area contributed by atoms with Crippen LogP contribution in [-0.2, 0) is 14.9 Å². The number of rotatable bonds is 7. The minimum absolute atomic E-state index is 0.0804. The zero-order valence-corrected chi connectivity index (χ0v) is 18.2. The minimum Gasteiger partial charge on any atom is -0.500 e. The Bertz CT molecular complexity index is 687. The van der Waals surface area contributed by atoms with E-state index in [0.29, 0.717) is 5.92 Å². The van der Waals surface area contributed by atoms with Crippen LogP contribution in [0.3, 0.4) is 0 Å². The maximum Gasteiger partial charge on any atom is 0.107 e. The average Bonchev–Trinajstić information content (AvgIpc) is 3.38. The highest BCUT2D eigenvalue weighted by atomic mass is 32.2. The van der Waals surface area contributed by atoms with Crippen LogP contribution in [0.15, 0.2) is 35.1 Å². The molecule has 1 saturated heterocycles. The zero-order chi connectivity index (χ0) is 19.5. The first kappa shape index (κ1) is 20.2. The topological polar surface area (TPSA) is 43.4 Å². The van der Waals surface area contributed by atoms with Crippen LogP contribution in [0.5, 0.6) is 0 Å². The van der Waals surface area contributed by atoms with E-state index in [1.54, 1.807) is 7.11 Å². The Hall–Kier alpha value is -1.04. The van der Waals surface area contributed by atoms with E-state index in [1.165, 1.54) is 42.0 Å². The molecule has 0 amide bonds. The number of hydrogen-bond donors (Lipinski definition) is 1. The molecule has 1 aliphatic carbocycles. The van der Waals surface area contributed by atoms with Crippen molar-refractivity contribution < 1.29 is 9.47 Å². The summed E-state index contributed by atoms with van der Waals surface area (Å²) >= 11 is 1.93. The molecule has 28 heavy (non-hydrogen) atoms. The second-order valence-corrected chi connectivity index (χ2v) is 9.91. The molecule has 0 aromatic carbocycles. The van der Waals surface area contributed by atoms with Gasteiger partial charge in [0.2, 0.25) is 0 Å². The SMILES string of the molecule is COC1=C(CNCC(C)C2(c3ccccn3)CCOC3(CCCC3)C2)SCC1. The maximum absolute atomic E-state index is 6.39. The van der Waals surface area contributed by atoms with E-state index in [4.69, 9.17) is 14.5 Å². The van der Waals surface area contributed by atoms with Gasteiger partial charge in [0.05, 0.1) is 12.7 Å². The van der Waals surface area contributed by atoms with Gasteiger partial charge >= 0.3 is 0 Å². The highest BCUT2D eigenvalue weighted by molar-refractivity contribution is 8.03. The summed E-state index contributed by atoms with van der Waals surface area (Å²) < 4.78 is 11.9. The maximum atomic E-state index is 6.39. The highest BCUT2D eigenvalue weighted by Gasteiger charge is 2.50. The van der Waals surface area contributed by atoms with Crippen molar-refractivity contribution >= 4 is 11.8 Å². The van der Waals surface area contributed by atoms with Crippen molar-refractivity contribution in [3.63, 3.8) is 0 Å². The number of nitrogens with one attached hydrogen (secondary N) is 1. The molecule has 2 unspecified atom stereocenters. The summed E-state index contributed by atoms with van der Waals surface area (Å²) in [7, 11) is 1.79. The number of pyridine rings is 1. The fourth-order valence-electron chi connectivity index (χ4n) is 5.50. The van der Waals surface area contributed by atoms with Gasteiger partial charge < -0.3 is 14.8 Å². The van der Waals surface area contributed by atoms with Crippen molar-refractivity contribution in [2.75, 3.05) is 32.6 Å². The van der Waals surface area contributed by atoms with E-state index in [1.807, 2.05) is 24.0 Å². The van der Waals surface area contributed by atoms with Gasteiger partial charge in [-0.2, -0.15) is 0 Å². The third kappa shape index (κ3) is 3.99. The third-order valence-corrected chi connectivity index (χ3v) is 8.25. The van der Waals surface area contributed by atoms with Gasteiger partial charge in [-0.25, -0.2) is 0 Å². The van der Waals surface area contributed by atoms with Gasteiger partial charge in [0, 0.05) is 47.5 Å². The summed E-state index contributed by atoms with van der Waals surface area (Å²) in [6.45, 7) is 5.17. The Labute approximate surface area is 173 Å². The van der Waals surface area contributed by atoms with Crippen LogP contribution >= 0.6 is 11.8 Å². The van der Waals surface area contributed by atoms with E-state index in [-0.39, 0.29) is 11.0 Å². The smallest absolute Gasteiger partial charge is 0.107 e. The van der Waals surface area contributed by atoms with Crippen molar-refractivity contribution in [1.29, 1.82) is 0 Å². The van der Waals surface area contributed by atoms with Crippen molar-refractivity contribution in [2.45, 2.75) is 62.9 Å². The molecule has 0 bridgehead atoms.